The largest absolute Gasteiger partial charge is 0.493 e. The predicted molar refractivity (Wildman–Crippen MR) is 111 cm³/mol. The second kappa shape index (κ2) is 10.4. The van der Waals surface area contributed by atoms with Crippen molar-refractivity contribution in [3.63, 3.8) is 0 Å². The van der Waals surface area contributed by atoms with Gasteiger partial charge in [0.2, 0.25) is 5.75 Å². The first-order valence-electron chi connectivity index (χ1n) is 8.58. The van der Waals surface area contributed by atoms with Gasteiger partial charge >= 0.3 is 5.97 Å². The van der Waals surface area contributed by atoms with Gasteiger partial charge in [0.15, 0.2) is 18.1 Å². The van der Waals surface area contributed by atoms with E-state index in [2.05, 4.69) is 5.32 Å². The summed E-state index contributed by atoms with van der Waals surface area (Å²) in [6.07, 6.45) is 2.72. The molecule has 2 rings (SSSR count). The highest BCUT2D eigenvalue weighted by molar-refractivity contribution is 6.33. The summed E-state index contributed by atoms with van der Waals surface area (Å²) in [7, 11) is 4.50. The molecular weight excluding hydrogens is 398 g/mol. The number of anilines is 1. The van der Waals surface area contributed by atoms with Crippen molar-refractivity contribution < 1.29 is 28.5 Å². The molecule has 0 aliphatic carbocycles. The molecule has 2 aromatic carbocycles. The summed E-state index contributed by atoms with van der Waals surface area (Å²) in [6.45, 7) is 1.45. The van der Waals surface area contributed by atoms with Crippen LogP contribution in [0.4, 0.5) is 5.69 Å². The molecule has 29 heavy (non-hydrogen) atoms. The van der Waals surface area contributed by atoms with E-state index < -0.39 is 18.5 Å². The summed E-state index contributed by atoms with van der Waals surface area (Å²) in [5.41, 5.74) is 2.05. The average molecular weight is 420 g/mol. The lowest BCUT2D eigenvalue weighted by Gasteiger charge is -2.12. The highest BCUT2D eigenvalue weighted by Crippen LogP contribution is 2.38. The number of rotatable bonds is 8. The van der Waals surface area contributed by atoms with Crippen LogP contribution in [-0.4, -0.2) is 39.8 Å². The van der Waals surface area contributed by atoms with Crippen molar-refractivity contribution >= 4 is 35.2 Å². The molecule has 0 saturated heterocycles. The van der Waals surface area contributed by atoms with Crippen LogP contribution in [0.15, 0.2) is 36.4 Å². The molecule has 8 heteroatoms. The molecule has 0 heterocycles. The summed E-state index contributed by atoms with van der Waals surface area (Å²) in [6, 6.07) is 8.58. The quantitative estimate of drug-likeness (QED) is 0.516. The van der Waals surface area contributed by atoms with Crippen molar-refractivity contribution in [1.82, 2.24) is 0 Å². The first-order valence-corrected chi connectivity index (χ1v) is 8.96. The molecule has 7 nitrogen and oxygen atoms in total. The normalized spacial score (nSPS) is 10.5. The van der Waals surface area contributed by atoms with Crippen molar-refractivity contribution in [1.29, 1.82) is 0 Å². The minimum absolute atomic E-state index is 0.409. The van der Waals surface area contributed by atoms with Crippen molar-refractivity contribution in [2.45, 2.75) is 6.92 Å². The van der Waals surface area contributed by atoms with Gasteiger partial charge in [-0.2, -0.15) is 0 Å². The van der Waals surface area contributed by atoms with E-state index >= 15 is 0 Å². The molecule has 0 atom stereocenters. The predicted octanol–water partition coefficient (Wildman–Crippen LogP) is 3.87. The SMILES string of the molecule is COc1cc(/C=C/C(=O)OCC(=O)Nc2ccc(C)cc2Cl)cc(OC)c1OC. The van der Waals surface area contributed by atoms with E-state index in [0.717, 1.165) is 5.56 Å². The third-order valence-corrected chi connectivity index (χ3v) is 4.16. The summed E-state index contributed by atoms with van der Waals surface area (Å²) in [4.78, 5) is 23.9. The lowest BCUT2D eigenvalue weighted by atomic mass is 10.1. The van der Waals surface area contributed by atoms with Crippen LogP contribution in [-0.2, 0) is 14.3 Å². The van der Waals surface area contributed by atoms with Gasteiger partial charge in [-0.05, 0) is 48.4 Å². The number of methoxy groups -OCH3 is 3. The van der Waals surface area contributed by atoms with E-state index in [1.807, 2.05) is 13.0 Å². The Kier molecular flexibility index (Phi) is 7.91. The molecular formula is C21H22ClNO6. The fraction of sp³-hybridized carbons (Fsp3) is 0.238. The zero-order valence-electron chi connectivity index (χ0n) is 16.6. The Bertz CT molecular complexity index is 900. The Morgan fingerprint density at radius 1 is 1.03 bits per heavy atom. The molecule has 0 spiro atoms. The zero-order valence-corrected chi connectivity index (χ0v) is 17.3. The molecule has 154 valence electrons. The van der Waals surface area contributed by atoms with Gasteiger partial charge in [-0.25, -0.2) is 4.79 Å². The van der Waals surface area contributed by atoms with E-state index in [1.165, 1.54) is 33.5 Å². The number of amides is 1. The Morgan fingerprint density at radius 2 is 1.69 bits per heavy atom. The van der Waals surface area contributed by atoms with E-state index in [4.69, 9.17) is 30.5 Å². The van der Waals surface area contributed by atoms with E-state index in [9.17, 15) is 9.59 Å². The first-order chi connectivity index (χ1) is 13.9. The number of halogens is 1. The minimum Gasteiger partial charge on any atom is -0.493 e. The maximum Gasteiger partial charge on any atom is 0.331 e. The van der Waals surface area contributed by atoms with Gasteiger partial charge in [-0.3, -0.25) is 4.79 Å². The van der Waals surface area contributed by atoms with Crippen LogP contribution in [0.5, 0.6) is 17.2 Å². The first kappa shape index (κ1) is 22.1. The summed E-state index contributed by atoms with van der Waals surface area (Å²) >= 11 is 6.06. The summed E-state index contributed by atoms with van der Waals surface area (Å²) in [5, 5.41) is 3.00. The van der Waals surface area contributed by atoms with Crippen LogP contribution in [0.1, 0.15) is 11.1 Å². The third-order valence-electron chi connectivity index (χ3n) is 3.84. The molecule has 0 bridgehead atoms. The lowest BCUT2D eigenvalue weighted by molar-refractivity contribution is -0.142. The molecule has 0 fully saturated rings. The Labute approximate surface area is 174 Å². The third kappa shape index (κ3) is 6.15. The maximum absolute atomic E-state index is 11.9. The number of aryl methyl sites for hydroxylation is 1. The van der Waals surface area contributed by atoms with Gasteiger partial charge < -0.3 is 24.3 Å². The molecule has 0 aliphatic rings. The molecule has 0 radical (unpaired) electrons. The van der Waals surface area contributed by atoms with Gasteiger partial charge in [0.1, 0.15) is 0 Å². The van der Waals surface area contributed by atoms with E-state index in [1.54, 1.807) is 24.3 Å². The van der Waals surface area contributed by atoms with E-state index in [0.29, 0.717) is 33.5 Å². The van der Waals surface area contributed by atoms with Gasteiger partial charge in [0.25, 0.3) is 5.91 Å². The maximum atomic E-state index is 11.9. The van der Waals surface area contributed by atoms with Crippen molar-refractivity contribution in [3.05, 3.63) is 52.6 Å². The Morgan fingerprint density at radius 3 is 2.24 bits per heavy atom. The van der Waals surface area contributed by atoms with Crippen LogP contribution in [0.25, 0.3) is 6.08 Å². The van der Waals surface area contributed by atoms with Gasteiger partial charge in [-0.15, -0.1) is 0 Å². The van der Waals surface area contributed by atoms with Gasteiger partial charge in [-0.1, -0.05) is 17.7 Å². The molecule has 0 aliphatic heterocycles. The number of hydrogen-bond donors (Lipinski definition) is 1. The Balaban J connectivity index is 1.96. The van der Waals surface area contributed by atoms with Crippen LogP contribution in [0.3, 0.4) is 0 Å². The van der Waals surface area contributed by atoms with Crippen LogP contribution >= 0.6 is 11.6 Å². The number of esters is 1. The number of ether oxygens (including phenoxy) is 4. The molecule has 0 saturated carbocycles. The molecule has 1 N–H and O–H groups in total. The zero-order chi connectivity index (χ0) is 21.4. The molecule has 0 unspecified atom stereocenters. The van der Waals surface area contributed by atoms with E-state index in [-0.39, 0.29) is 0 Å². The van der Waals surface area contributed by atoms with Crippen LogP contribution < -0.4 is 19.5 Å². The number of nitrogens with one attached hydrogen (secondary N) is 1. The van der Waals surface area contributed by atoms with Gasteiger partial charge in [0.05, 0.1) is 32.0 Å². The second-order valence-corrected chi connectivity index (χ2v) is 6.34. The second-order valence-electron chi connectivity index (χ2n) is 5.93. The topological polar surface area (TPSA) is 83.1 Å². The van der Waals surface area contributed by atoms with Crippen LogP contribution in [0, 0.1) is 6.92 Å². The highest BCUT2D eigenvalue weighted by atomic mass is 35.5. The number of carbonyl (C=O) groups excluding carboxylic acids is 2. The minimum atomic E-state index is -0.677. The smallest absolute Gasteiger partial charge is 0.331 e. The standard InChI is InChI=1S/C21H22ClNO6/c1-13-5-7-16(15(22)9-13)23-19(24)12-29-20(25)8-6-14-10-17(26-2)21(28-4)18(11-14)27-3/h5-11H,12H2,1-4H3,(H,23,24)/b8-6+. The molecule has 1 amide bonds. The summed E-state index contributed by atoms with van der Waals surface area (Å²) < 4.78 is 20.7. The lowest BCUT2D eigenvalue weighted by Crippen LogP contribution is -2.20. The monoisotopic (exact) mass is 419 g/mol. The molecule has 2 aromatic rings. The fourth-order valence-corrected chi connectivity index (χ4v) is 2.74. The Hall–Kier alpha value is -3.19. The highest BCUT2D eigenvalue weighted by Gasteiger charge is 2.13. The fourth-order valence-electron chi connectivity index (χ4n) is 2.45. The number of benzene rings is 2. The summed E-state index contributed by atoms with van der Waals surface area (Å²) in [5.74, 6) is 0.179. The van der Waals surface area contributed by atoms with Gasteiger partial charge in [0, 0.05) is 6.08 Å². The van der Waals surface area contributed by atoms with Crippen molar-refractivity contribution in [2.24, 2.45) is 0 Å². The van der Waals surface area contributed by atoms with Crippen molar-refractivity contribution in [3.8, 4) is 17.2 Å². The van der Waals surface area contributed by atoms with Crippen LogP contribution in [0.2, 0.25) is 5.02 Å². The number of hydrogen-bond acceptors (Lipinski definition) is 6. The van der Waals surface area contributed by atoms with Crippen molar-refractivity contribution in [2.75, 3.05) is 33.3 Å². The number of carbonyl (C=O) groups is 2. The molecule has 0 aromatic heterocycles. The average Bonchev–Trinajstić information content (AvgIpc) is 2.71.